The van der Waals surface area contributed by atoms with Crippen molar-refractivity contribution in [2.45, 2.75) is 6.92 Å². The molecule has 1 heterocycles. The van der Waals surface area contributed by atoms with Crippen molar-refractivity contribution in [3.05, 3.63) is 35.3 Å². The second-order valence-corrected chi connectivity index (χ2v) is 2.96. The van der Waals surface area contributed by atoms with Crippen LogP contribution in [0.4, 0.5) is 4.39 Å². The Balaban J connectivity index is 2.86. The maximum absolute atomic E-state index is 13.1. The van der Waals surface area contributed by atoms with E-state index in [0.717, 1.165) is 5.52 Å². The number of nitrogens with one attached hydrogen (secondary N) is 1. The minimum atomic E-state index is -0.274. The number of nitriles is 1. The molecule has 0 saturated carbocycles. The molecule has 2 nitrogen and oxygen atoms in total. The number of benzene rings is 1. The lowest BCUT2D eigenvalue weighted by Crippen LogP contribution is -1.81. The number of aromatic amines is 1. The predicted octanol–water partition coefficient (Wildman–Crippen LogP) is 2.49. The largest absolute Gasteiger partial charge is 0.360 e. The summed E-state index contributed by atoms with van der Waals surface area (Å²) in [4.78, 5) is 2.92. The van der Waals surface area contributed by atoms with Gasteiger partial charge in [0.05, 0.1) is 5.56 Å². The maximum Gasteiger partial charge on any atom is 0.126 e. The Labute approximate surface area is 74.6 Å². The van der Waals surface area contributed by atoms with Crippen LogP contribution in [0.3, 0.4) is 0 Å². The maximum atomic E-state index is 13.1. The molecule has 64 valence electrons. The van der Waals surface area contributed by atoms with Crippen molar-refractivity contribution in [1.82, 2.24) is 4.98 Å². The van der Waals surface area contributed by atoms with Crippen LogP contribution in [-0.4, -0.2) is 4.98 Å². The fourth-order valence-corrected chi connectivity index (χ4v) is 1.34. The minimum absolute atomic E-state index is 0.274. The van der Waals surface area contributed by atoms with Gasteiger partial charge in [0.1, 0.15) is 11.9 Å². The molecule has 3 heteroatoms. The van der Waals surface area contributed by atoms with Crippen LogP contribution in [0.15, 0.2) is 18.3 Å². The number of halogens is 1. The molecule has 0 atom stereocenters. The molecule has 0 amide bonds. The van der Waals surface area contributed by atoms with E-state index in [-0.39, 0.29) is 5.82 Å². The topological polar surface area (TPSA) is 39.6 Å². The van der Waals surface area contributed by atoms with Crippen molar-refractivity contribution in [3.8, 4) is 6.07 Å². The van der Waals surface area contributed by atoms with Gasteiger partial charge in [-0.3, -0.25) is 0 Å². The lowest BCUT2D eigenvalue weighted by atomic mass is 10.1. The van der Waals surface area contributed by atoms with Crippen LogP contribution < -0.4 is 0 Å². The number of aromatic nitrogens is 1. The van der Waals surface area contributed by atoms with Gasteiger partial charge in [-0.1, -0.05) is 0 Å². The molecule has 0 aliphatic rings. The Morgan fingerprint density at radius 1 is 1.46 bits per heavy atom. The lowest BCUT2D eigenvalue weighted by Gasteiger charge is -1.95. The fraction of sp³-hybridized carbons (Fsp3) is 0.100. The first kappa shape index (κ1) is 7.81. The molecule has 2 rings (SSSR count). The van der Waals surface area contributed by atoms with E-state index in [1.807, 2.05) is 6.07 Å². The third kappa shape index (κ3) is 1.07. The molecule has 1 aromatic carbocycles. The van der Waals surface area contributed by atoms with E-state index in [1.54, 1.807) is 19.2 Å². The van der Waals surface area contributed by atoms with Gasteiger partial charge in [-0.25, -0.2) is 4.39 Å². The highest BCUT2D eigenvalue weighted by Gasteiger charge is 2.05. The second kappa shape index (κ2) is 2.60. The van der Waals surface area contributed by atoms with Gasteiger partial charge in [0.15, 0.2) is 0 Å². The number of nitrogens with zero attached hydrogens (tertiary/aromatic N) is 1. The molecule has 1 aromatic heterocycles. The van der Waals surface area contributed by atoms with E-state index in [4.69, 9.17) is 5.26 Å². The van der Waals surface area contributed by atoms with E-state index in [1.165, 1.54) is 6.07 Å². The quantitative estimate of drug-likeness (QED) is 0.654. The molecule has 1 N–H and O–H groups in total. The number of rotatable bonds is 0. The summed E-state index contributed by atoms with van der Waals surface area (Å²) in [6.45, 7) is 1.70. The molecule has 0 unspecified atom stereocenters. The van der Waals surface area contributed by atoms with Crippen LogP contribution in [0.25, 0.3) is 10.9 Å². The van der Waals surface area contributed by atoms with E-state index < -0.39 is 0 Å². The highest BCUT2D eigenvalue weighted by molar-refractivity contribution is 5.86. The summed E-state index contributed by atoms with van der Waals surface area (Å²) >= 11 is 0. The zero-order valence-electron chi connectivity index (χ0n) is 7.06. The van der Waals surface area contributed by atoms with Crippen LogP contribution >= 0.6 is 0 Å². The summed E-state index contributed by atoms with van der Waals surface area (Å²) in [7, 11) is 0. The molecule has 0 spiro atoms. The summed E-state index contributed by atoms with van der Waals surface area (Å²) < 4.78 is 13.1. The van der Waals surface area contributed by atoms with Crippen LogP contribution in [0.5, 0.6) is 0 Å². The van der Waals surface area contributed by atoms with Gasteiger partial charge in [0, 0.05) is 17.1 Å². The summed E-state index contributed by atoms with van der Waals surface area (Å²) in [5, 5.41) is 9.34. The number of hydrogen-bond acceptors (Lipinski definition) is 1. The van der Waals surface area contributed by atoms with E-state index in [0.29, 0.717) is 16.5 Å². The van der Waals surface area contributed by atoms with Crippen LogP contribution in [0, 0.1) is 24.1 Å². The molecular weight excluding hydrogens is 167 g/mol. The van der Waals surface area contributed by atoms with E-state index in [2.05, 4.69) is 4.98 Å². The third-order valence-electron chi connectivity index (χ3n) is 2.08. The van der Waals surface area contributed by atoms with Crippen LogP contribution in [-0.2, 0) is 0 Å². The SMILES string of the molecule is Cc1cc2[nH]cc(C#N)c2cc1F. The zero-order chi connectivity index (χ0) is 9.42. The monoisotopic (exact) mass is 174 g/mol. The molecule has 13 heavy (non-hydrogen) atoms. The Kier molecular flexibility index (Phi) is 1.56. The number of aryl methyl sites for hydroxylation is 1. The number of fused-ring (bicyclic) bond motifs is 1. The van der Waals surface area contributed by atoms with Crippen molar-refractivity contribution < 1.29 is 4.39 Å². The fourth-order valence-electron chi connectivity index (χ4n) is 1.34. The molecule has 0 fully saturated rings. The third-order valence-corrected chi connectivity index (χ3v) is 2.08. The van der Waals surface area contributed by atoms with Gasteiger partial charge in [0.25, 0.3) is 0 Å². The molecular formula is C10H7FN2. The second-order valence-electron chi connectivity index (χ2n) is 2.96. The first-order valence-corrected chi connectivity index (χ1v) is 3.89. The Morgan fingerprint density at radius 3 is 2.92 bits per heavy atom. The van der Waals surface area contributed by atoms with Crippen molar-refractivity contribution in [3.63, 3.8) is 0 Å². The Bertz CT molecular complexity index is 505. The smallest absolute Gasteiger partial charge is 0.126 e. The number of hydrogen-bond donors (Lipinski definition) is 1. The molecule has 0 aliphatic heterocycles. The normalized spacial score (nSPS) is 10.2. The van der Waals surface area contributed by atoms with Gasteiger partial charge in [-0.15, -0.1) is 0 Å². The highest BCUT2D eigenvalue weighted by Crippen LogP contribution is 2.20. The standard InChI is InChI=1S/C10H7FN2/c1-6-2-10-8(3-9(6)11)7(4-12)5-13-10/h2-3,5,13H,1H3. The average Bonchev–Trinajstić information content (AvgIpc) is 2.48. The van der Waals surface area contributed by atoms with Gasteiger partial charge in [0.2, 0.25) is 0 Å². The van der Waals surface area contributed by atoms with Crippen LogP contribution in [0.1, 0.15) is 11.1 Å². The zero-order valence-corrected chi connectivity index (χ0v) is 7.06. The summed E-state index contributed by atoms with van der Waals surface area (Å²) in [6.07, 6.45) is 1.59. The first-order valence-electron chi connectivity index (χ1n) is 3.89. The Hall–Kier alpha value is -1.82. The van der Waals surface area contributed by atoms with Gasteiger partial charge < -0.3 is 4.98 Å². The predicted molar refractivity (Wildman–Crippen MR) is 47.7 cm³/mol. The minimum Gasteiger partial charge on any atom is -0.360 e. The Morgan fingerprint density at radius 2 is 2.23 bits per heavy atom. The van der Waals surface area contributed by atoms with Gasteiger partial charge in [-0.05, 0) is 24.6 Å². The first-order chi connectivity index (χ1) is 6.22. The number of H-pyrrole nitrogens is 1. The lowest BCUT2D eigenvalue weighted by molar-refractivity contribution is 0.620. The van der Waals surface area contributed by atoms with E-state index >= 15 is 0 Å². The summed E-state index contributed by atoms with van der Waals surface area (Å²) in [5.74, 6) is -0.274. The molecule has 0 aliphatic carbocycles. The molecule has 0 radical (unpaired) electrons. The van der Waals surface area contributed by atoms with Crippen molar-refractivity contribution in [1.29, 1.82) is 5.26 Å². The van der Waals surface area contributed by atoms with Gasteiger partial charge >= 0.3 is 0 Å². The van der Waals surface area contributed by atoms with Crippen molar-refractivity contribution >= 4 is 10.9 Å². The summed E-state index contributed by atoms with van der Waals surface area (Å²) in [5.41, 5.74) is 1.86. The molecule has 0 saturated heterocycles. The van der Waals surface area contributed by atoms with Gasteiger partial charge in [-0.2, -0.15) is 5.26 Å². The summed E-state index contributed by atoms with van der Waals surface area (Å²) in [6, 6.07) is 5.09. The van der Waals surface area contributed by atoms with Crippen molar-refractivity contribution in [2.75, 3.05) is 0 Å². The highest BCUT2D eigenvalue weighted by atomic mass is 19.1. The van der Waals surface area contributed by atoms with Crippen molar-refractivity contribution in [2.24, 2.45) is 0 Å². The average molecular weight is 174 g/mol. The van der Waals surface area contributed by atoms with Crippen LogP contribution in [0.2, 0.25) is 0 Å². The molecule has 2 aromatic rings. The molecule has 0 bridgehead atoms. The van der Waals surface area contributed by atoms with E-state index in [9.17, 15) is 4.39 Å².